The molecular weight excluding hydrogens is 375 g/mol. The van der Waals surface area contributed by atoms with Gasteiger partial charge in [0, 0.05) is 30.1 Å². The van der Waals surface area contributed by atoms with E-state index in [0.29, 0.717) is 11.8 Å². The van der Waals surface area contributed by atoms with Gasteiger partial charge in [0.2, 0.25) is 5.91 Å². The number of aromatic nitrogens is 1. The number of benzene rings is 2. The number of aromatic amines is 1. The average molecular weight is 398 g/mol. The number of carbonyl (C=O) groups excluding carboxylic acids is 1. The van der Waals surface area contributed by atoms with Gasteiger partial charge in [-0.05, 0) is 42.7 Å². The van der Waals surface area contributed by atoms with Gasteiger partial charge in [0.1, 0.15) is 5.82 Å². The summed E-state index contributed by atoms with van der Waals surface area (Å²) in [4.78, 5) is 27.3. The lowest BCUT2D eigenvalue weighted by Crippen LogP contribution is -2.55. The molecule has 3 rings (SSSR count). The van der Waals surface area contributed by atoms with E-state index in [-0.39, 0.29) is 18.8 Å². The van der Waals surface area contributed by atoms with Crippen molar-refractivity contribution in [1.82, 2.24) is 10.3 Å². The molecule has 1 aromatic heterocycles. The van der Waals surface area contributed by atoms with Crippen molar-refractivity contribution >= 4 is 22.8 Å². The molecule has 0 radical (unpaired) electrons. The van der Waals surface area contributed by atoms with Crippen LogP contribution in [-0.2, 0) is 20.7 Å². The average Bonchev–Trinajstić information content (AvgIpc) is 3.04. The molecule has 29 heavy (non-hydrogen) atoms. The molecule has 1 unspecified atom stereocenters. The summed E-state index contributed by atoms with van der Waals surface area (Å²) in [6.07, 6.45) is 0.373. The Bertz CT molecular complexity index is 1030. The zero-order valence-corrected chi connectivity index (χ0v) is 16.3. The normalized spacial score (nSPS) is 13.2. The lowest BCUT2D eigenvalue weighted by atomic mass is 9.99. The van der Waals surface area contributed by atoms with Crippen molar-refractivity contribution in [2.75, 3.05) is 13.7 Å². The van der Waals surface area contributed by atoms with E-state index >= 15 is 0 Å². The fourth-order valence-corrected chi connectivity index (χ4v) is 3.38. The number of carboxylic acids is 1. The lowest BCUT2D eigenvalue weighted by Gasteiger charge is -2.25. The number of fused-ring (bicyclic) bond motifs is 1. The highest BCUT2D eigenvalue weighted by Crippen LogP contribution is 2.31. The van der Waals surface area contributed by atoms with Gasteiger partial charge in [-0.1, -0.05) is 30.3 Å². The summed E-state index contributed by atoms with van der Waals surface area (Å²) < 4.78 is 18.8. The van der Waals surface area contributed by atoms with Crippen LogP contribution in [0.5, 0.6) is 0 Å². The van der Waals surface area contributed by atoms with Gasteiger partial charge < -0.3 is 20.1 Å². The van der Waals surface area contributed by atoms with Crippen LogP contribution in [0.25, 0.3) is 22.2 Å². The Hall–Kier alpha value is -3.19. The maximum absolute atomic E-state index is 13.9. The second-order valence-electron chi connectivity index (χ2n) is 7.15. The fraction of sp³-hybridized carbons (Fsp3) is 0.273. The molecule has 7 heteroatoms. The summed E-state index contributed by atoms with van der Waals surface area (Å²) in [5.74, 6) is -1.95. The van der Waals surface area contributed by atoms with Crippen molar-refractivity contribution in [3.05, 3.63) is 59.9 Å². The van der Waals surface area contributed by atoms with Gasteiger partial charge in [0.15, 0.2) is 5.54 Å². The maximum Gasteiger partial charge on any atom is 0.331 e. The molecule has 0 aliphatic rings. The van der Waals surface area contributed by atoms with Crippen molar-refractivity contribution in [1.29, 1.82) is 0 Å². The molecule has 1 atom stereocenters. The molecule has 2 aromatic carbocycles. The number of ether oxygens (including phenoxy) is 1. The van der Waals surface area contributed by atoms with Crippen LogP contribution in [0, 0.1) is 5.82 Å². The van der Waals surface area contributed by atoms with Crippen LogP contribution in [0.3, 0.4) is 0 Å². The van der Waals surface area contributed by atoms with Crippen LogP contribution in [0.4, 0.5) is 4.39 Å². The standard InChI is InChI=1S/C22H23FN2O4/c1-22(13-29-2,21(27)28)25-19(26)11-9-16-17-12-15(23)8-10-18(17)24-20(16)14-6-4-3-5-7-14/h3-8,10,12,24H,9,11,13H2,1-2H3,(H,25,26)(H,27,28). The minimum atomic E-state index is -1.51. The number of rotatable bonds is 8. The number of amides is 1. The Labute approximate surface area is 167 Å². The number of nitrogens with one attached hydrogen (secondary N) is 2. The van der Waals surface area contributed by atoms with Gasteiger partial charge >= 0.3 is 5.97 Å². The first-order valence-corrected chi connectivity index (χ1v) is 9.23. The molecule has 152 valence electrons. The van der Waals surface area contributed by atoms with E-state index in [9.17, 15) is 19.1 Å². The number of halogens is 1. The topological polar surface area (TPSA) is 91.4 Å². The van der Waals surface area contributed by atoms with Gasteiger partial charge in [0.05, 0.1) is 6.61 Å². The summed E-state index contributed by atoms with van der Waals surface area (Å²) >= 11 is 0. The molecule has 3 N–H and O–H groups in total. The number of hydrogen-bond acceptors (Lipinski definition) is 3. The van der Waals surface area contributed by atoms with E-state index in [1.807, 2.05) is 30.3 Å². The van der Waals surface area contributed by atoms with Crippen molar-refractivity contribution in [3.8, 4) is 11.3 Å². The summed E-state index contributed by atoms with van der Waals surface area (Å²) in [5.41, 5.74) is 1.81. The molecule has 3 aromatic rings. The second kappa shape index (κ2) is 8.45. The van der Waals surface area contributed by atoms with Gasteiger partial charge in [-0.15, -0.1) is 0 Å². The zero-order valence-electron chi connectivity index (χ0n) is 16.3. The fourth-order valence-electron chi connectivity index (χ4n) is 3.38. The molecule has 1 heterocycles. The highest BCUT2D eigenvalue weighted by molar-refractivity contribution is 5.92. The largest absolute Gasteiger partial charge is 0.479 e. The predicted molar refractivity (Wildman–Crippen MR) is 108 cm³/mol. The highest BCUT2D eigenvalue weighted by Gasteiger charge is 2.34. The second-order valence-corrected chi connectivity index (χ2v) is 7.15. The van der Waals surface area contributed by atoms with Gasteiger partial charge in [0.25, 0.3) is 0 Å². The molecule has 0 spiro atoms. The van der Waals surface area contributed by atoms with E-state index in [0.717, 1.165) is 22.3 Å². The first-order chi connectivity index (χ1) is 13.8. The van der Waals surface area contributed by atoms with E-state index < -0.39 is 17.4 Å². The zero-order chi connectivity index (χ0) is 21.0. The summed E-state index contributed by atoms with van der Waals surface area (Å²) in [6.45, 7) is 1.24. The molecule has 0 fully saturated rings. The number of hydrogen-bond donors (Lipinski definition) is 3. The van der Waals surface area contributed by atoms with E-state index in [4.69, 9.17) is 4.74 Å². The van der Waals surface area contributed by atoms with Crippen molar-refractivity contribution in [3.63, 3.8) is 0 Å². The van der Waals surface area contributed by atoms with E-state index in [1.54, 1.807) is 6.07 Å². The van der Waals surface area contributed by atoms with Crippen molar-refractivity contribution in [2.24, 2.45) is 0 Å². The monoisotopic (exact) mass is 398 g/mol. The number of carbonyl (C=O) groups is 2. The Morgan fingerprint density at radius 1 is 1.21 bits per heavy atom. The highest BCUT2D eigenvalue weighted by atomic mass is 19.1. The molecule has 0 aliphatic carbocycles. The summed E-state index contributed by atoms with van der Waals surface area (Å²) in [7, 11) is 1.37. The third-order valence-corrected chi connectivity index (χ3v) is 4.85. The third-order valence-electron chi connectivity index (χ3n) is 4.85. The van der Waals surface area contributed by atoms with Crippen LogP contribution in [0.15, 0.2) is 48.5 Å². The molecule has 0 saturated carbocycles. The molecule has 0 saturated heterocycles. The van der Waals surface area contributed by atoms with Crippen molar-refractivity contribution < 1.29 is 23.8 Å². The Morgan fingerprint density at radius 3 is 2.59 bits per heavy atom. The Balaban J connectivity index is 1.88. The van der Waals surface area contributed by atoms with Crippen LogP contribution in [-0.4, -0.2) is 41.2 Å². The molecule has 0 aliphatic heterocycles. The number of carboxylic acid groups (broad SMARTS) is 1. The molecular formula is C22H23FN2O4. The summed E-state index contributed by atoms with van der Waals surface area (Å²) in [6, 6.07) is 14.1. The van der Waals surface area contributed by atoms with Gasteiger partial charge in [-0.3, -0.25) is 4.79 Å². The smallest absolute Gasteiger partial charge is 0.331 e. The van der Waals surface area contributed by atoms with Crippen LogP contribution in [0.1, 0.15) is 18.9 Å². The number of aliphatic carboxylic acids is 1. The number of H-pyrrole nitrogens is 1. The molecule has 6 nitrogen and oxygen atoms in total. The quantitative estimate of drug-likeness (QED) is 0.542. The van der Waals surface area contributed by atoms with Crippen LogP contribution < -0.4 is 5.32 Å². The maximum atomic E-state index is 13.9. The van der Waals surface area contributed by atoms with Crippen LogP contribution in [0.2, 0.25) is 0 Å². The van der Waals surface area contributed by atoms with Crippen LogP contribution >= 0.6 is 0 Å². The first kappa shape index (κ1) is 20.5. The SMILES string of the molecule is COCC(C)(NC(=O)CCc1c(-c2ccccc2)[nH]c2ccc(F)cc12)C(=O)O. The minimum Gasteiger partial charge on any atom is -0.479 e. The minimum absolute atomic E-state index is 0.0515. The summed E-state index contributed by atoms with van der Waals surface area (Å²) in [5, 5.41) is 12.6. The predicted octanol–water partition coefficient (Wildman–Crippen LogP) is 3.51. The van der Waals surface area contributed by atoms with Gasteiger partial charge in [-0.2, -0.15) is 0 Å². The van der Waals surface area contributed by atoms with Gasteiger partial charge in [-0.25, -0.2) is 9.18 Å². The third kappa shape index (κ3) is 4.46. The Kier molecular flexibility index (Phi) is 5.98. The molecule has 0 bridgehead atoms. The molecule has 1 amide bonds. The Morgan fingerprint density at radius 2 is 1.93 bits per heavy atom. The van der Waals surface area contributed by atoms with E-state index in [1.165, 1.54) is 26.2 Å². The van der Waals surface area contributed by atoms with E-state index in [2.05, 4.69) is 10.3 Å². The lowest BCUT2D eigenvalue weighted by molar-refractivity contribution is -0.149. The number of methoxy groups -OCH3 is 1. The number of aryl methyl sites for hydroxylation is 1. The first-order valence-electron chi connectivity index (χ1n) is 9.23. The van der Waals surface area contributed by atoms with Crippen molar-refractivity contribution in [2.45, 2.75) is 25.3 Å².